The van der Waals surface area contributed by atoms with Gasteiger partial charge in [-0.15, -0.1) is 0 Å². The summed E-state index contributed by atoms with van der Waals surface area (Å²) in [6.07, 6.45) is 3.23. The van der Waals surface area contributed by atoms with Crippen LogP contribution in [0.15, 0.2) is 67.1 Å². The first-order valence-electron chi connectivity index (χ1n) is 8.41. The third-order valence-electron chi connectivity index (χ3n) is 4.31. The molecule has 0 fully saturated rings. The lowest BCUT2D eigenvalue weighted by Crippen LogP contribution is -2.29. The van der Waals surface area contributed by atoms with Crippen LogP contribution in [0.3, 0.4) is 0 Å². The molecule has 2 aromatic carbocycles. The highest BCUT2D eigenvalue weighted by atomic mass is 16.3. The summed E-state index contributed by atoms with van der Waals surface area (Å²) in [5, 5.41) is 9.43. The number of hydrogen-bond donors (Lipinski definition) is 1. The zero-order valence-electron chi connectivity index (χ0n) is 14.6. The number of phenols is 1. The first-order valence-corrected chi connectivity index (χ1v) is 8.41. The lowest BCUT2D eigenvalue weighted by Gasteiger charge is -2.17. The number of imidazole rings is 1. The number of fused-ring (bicyclic) bond motifs is 1. The van der Waals surface area contributed by atoms with E-state index in [1.54, 1.807) is 53.3 Å². The molecule has 0 saturated heterocycles. The van der Waals surface area contributed by atoms with Gasteiger partial charge in [0, 0.05) is 18.3 Å². The van der Waals surface area contributed by atoms with E-state index in [9.17, 15) is 9.90 Å². The maximum Gasteiger partial charge on any atom is 0.246 e. The normalized spacial score (nSPS) is 10.9. The summed E-state index contributed by atoms with van der Waals surface area (Å²) in [6, 6.07) is 16.1. The summed E-state index contributed by atoms with van der Waals surface area (Å²) in [4.78, 5) is 27.4. The molecule has 1 amide bonds. The summed E-state index contributed by atoms with van der Waals surface area (Å²) in [5.41, 5.74) is 2.80. The van der Waals surface area contributed by atoms with Crippen molar-refractivity contribution in [2.45, 2.75) is 6.54 Å². The van der Waals surface area contributed by atoms with Crippen molar-refractivity contribution in [2.24, 2.45) is 0 Å². The molecular weight excluding hydrogens is 342 g/mol. The largest absolute Gasteiger partial charge is 0.508 e. The van der Waals surface area contributed by atoms with Gasteiger partial charge in [0.2, 0.25) is 5.91 Å². The van der Waals surface area contributed by atoms with Crippen molar-refractivity contribution < 1.29 is 9.90 Å². The van der Waals surface area contributed by atoms with Crippen LogP contribution in [-0.2, 0) is 11.3 Å². The van der Waals surface area contributed by atoms with E-state index in [1.807, 2.05) is 30.3 Å². The molecule has 7 nitrogen and oxygen atoms in total. The molecule has 0 unspecified atom stereocenters. The lowest BCUT2D eigenvalue weighted by molar-refractivity contribution is -0.118. The monoisotopic (exact) mass is 359 g/mol. The molecule has 0 spiro atoms. The Kier molecular flexibility index (Phi) is 4.25. The third kappa shape index (κ3) is 3.35. The number of aromatic nitrogens is 4. The van der Waals surface area contributed by atoms with Gasteiger partial charge in [-0.3, -0.25) is 4.79 Å². The zero-order chi connectivity index (χ0) is 18.8. The second kappa shape index (κ2) is 6.87. The predicted octanol–water partition coefficient (Wildman–Crippen LogP) is 2.86. The molecule has 0 aliphatic carbocycles. The number of carbonyl (C=O) groups excluding carboxylic acids is 1. The van der Waals surface area contributed by atoms with Gasteiger partial charge < -0.3 is 14.6 Å². The van der Waals surface area contributed by atoms with Crippen LogP contribution >= 0.6 is 0 Å². The van der Waals surface area contributed by atoms with E-state index in [2.05, 4.69) is 15.0 Å². The number of benzene rings is 2. The Labute approximate surface area is 155 Å². The van der Waals surface area contributed by atoms with Crippen LogP contribution in [-0.4, -0.2) is 37.6 Å². The molecule has 2 aromatic heterocycles. The quantitative estimate of drug-likeness (QED) is 0.606. The number of aromatic hydroxyl groups is 1. The number of phenolic OH excluding ortho intramolecular Hbond substituents is 1. The SMILES string of the molecule is CN(C(=O)Cn1cnc2cnc(-c3ccc(O)cc3)nc21)c1ccccc1. The summed E-state index contributed by atoms with van der Waals surface area (Å²) in [5.74, 6) is 0.609. The fourth-order valence-electron chi connectivity index (χ4n) is 2.77. The van der Waals surface area contributed by atoms with Gasteiger partial charge in [-0.1, -0.05) is 18.2 Å². The second-order valence-corrected chi connectivity index (χ2v) is 6.11. The smallest absolute Gasteiger partial charge is 0.246 e. The second-order valence-electron chi connectivity index (χ2n) is 6.11. The lowest BCUT2D eigenvalue weighted by atomic mass is 10.2. The van der Waals surface area contributed by atoms with Gasteiger partial charge in [0.25, 0.3) is 0 Å². The first-order chi connectivity index (χ1) is 13.1. The molecule has 0 aliphatic heterocycles. The molecule has 4 aromatic rings. The molecule has 134 valence electrons. The number of nitrogens with zero attached hydrogens (tertiary/aromatic N) is 5. The molecular formula is C20H17N5O2. The van der Waals surface area contributed by atoms with Gasteiger partial charge in [0.15, 0.2) is 11.5 Å². The minimum absolute atomic E-state index is 0.0784. The van der Waals surface area contributed by atoms with Crippen molar-refractivity contribution >= 4 is 22.8 Å². The molecule has 0 saturated carbocycles. The molecule has 27 heavy (non-hydrogen) atoms. The summed E-state index contributed by atoms with van der Waals surface area (Å²) in [6.45, 7) is 0.119. The van der Waals surface area contributed by atoms with E-state index in [0.717, 1.165) is 11.3 Å². The Hall–Kier alpha value is -3.74. The molecule has 0 radical (unpaired) electrons. The van der Waals surface area contributed by atoms with Crippen LogP contribution < -0.4 is 4.90 Å². The average Bonchev–Trinajstić information content (AvgIpc) is 3.10. The fourth-order valence-corrected chi connectivity index (χ4v) is 2.77. The van der Waals surface area contributed by atoms with Gasteiger partial charge in [-0.05, 0) is 36.4 Å². The highest BCUT2D eigenvalue weighted by Gasteiger charge is 2.15. The standard InChI is InChI=1S/C20H17N5O2/c1-24(15-5-3-2-4-6-15)18(27)12-25-13-22-17-11-21-19(23-20(17)25)14-7-9-16(26)10-8-14/h2-11,13,26H,12H2,1H3. The highest BCUT2D eigenvalue weighted by molar-refractivity contribution is 5.93. The van der Waals surface area contributed by atoms with Crippen LogP contribution in [0.1, 0.15) is 0 Å². The van der Waals surface area contributed by atoms with Crippen LogP contribution in [0.4, 0.5) is 5.69 Å². The van der Waals surface area contributed by atoms with Crippen molar-refractivity contribution in [3.05, 3.63) is 67.1 Å². The van der Waals surface area contributed by atoms with E-state index >= 15 is 0 Å². The molecule has 0 atom stereocenters. The number of para-hydroxylation sites is 1. The number of carbonyl (C=O) groups is 1. The molecule has 1 N–H and O–H groups in total. The topological polar surface area (TPSA) is 84.1 Å². The van der Waals surface area contributed by atoms with E-state index in [-0.39, 0.29) is 18.2 Å². The number of rotatable bonds is 4. The first kappa shape index (κ1) is 16.7. The molecule has 4 rings (SSSR count). The van der Waals surface area contributed by atoms with Crippen molar-refractivity contribution in [1.82, 2.24) is 19.5 Å². The Morgan fingerprint density at radius 1 is 1.07 bits per heavy atom. The Balaban J connectivity index is 1.63. The number of likely N-dealkylation sites (N-methyl/N-ethyl adjacent to an activating group) is 1. The summed E-state index contributed by atoms with van der Waals surface area (Å²) >= 11 is 0. The summed E-state index contributed by atoms with van der Waals surface area (Å²) in [7, 11) is 1.74. The number of anilines is 1. The van der Waals surface area contributed by atoms with Crippen molar-refractivity contribution in [2.75, 3.05) is 11.9 Å². The minimum atomic E-state index is -0.0784. The van der Waals surface area contributed by atoms with Gasteiger partial charge in [0.1, 0.15) is 17.8 Å². The van der Waals surface area contributed by atoms with Crippen molar-refractivity contribution in [3.8, 4) is 17.1 Å². The highest BCUT2D eigenvalue weighted by Crippen LogP contribution is 2.20. The van der Waals surface area contributed by atoms with E-state index < -0.39 is 0 Å². The molecule has 0 aliphatic rings. The van der Waals surface area contributed by atoms with E-state index in [4.69, 9.17) is 0 Å². The predicted molar refractivity (Wildman–Crippen MR) is 102 cm³/mol. The van der Waals surface area contributed by atoms with E-state index in [0.29, 0.717) is 17.0 Å². The molecule has 7 heteroatoms. The maximum absolute atomic E-state index is 12.7. The third-order valence-corrected chi connectivity index (χ3v) is 4.31. The number of amides is 1. The van der Waals surface area contributed by atoms with Crippen molar-refractivity contribution in [1.29, 1.82) is 0 Å². The Morgan fingerprint density at radius 2 is 1.81 bits per heavy atom. The van der Waals surface area contributed by atoms with Gasteiger partial charge in [-0.2, -0.15) is 0 Å². The molecule has 2 heterocycles. The molecule has 0 bridgehead atoms. The maximum atomic E-state index is 12.7. The van der Waals surface area contributed by atoms with Gasteiger partial charge in [0.05, 0.1) is 12.5 Å². The summed E-state index contributed by atoms with van der Waals surface area (Å²) < 4.78 is 1.71. The van der Waals surface area contributed by atoms with Crippen LogP contribution in [0.2, 0.25) is 0 Å². The van der Waals surface area contributed by atoms with Crippen LogP contribution in [0, 0.1) is 0 Å². The fraction of sp³-hybridized carbons (Fsp3) is 0.100. The number of hydrogen-bond acceptors (Lipinski definition) is 5. The van der Waals surface area contributed by atoms with Crippen LogP contribution in [0.25, 0.3) is 22.6 Å². The Bertz CT molecular complexity index is 1090. The van der Waals surface area contributed by atoms with Gasteiger partial charge >= 0.3 is 0 Å². The Morgan fingerprint density at radius 3 is 2.56 bits per heavy atom. The van der Waals surface area contributed by atoms with Crippen molar-refractivity contribution in [3.63, 3.8) is 0 Å². The van der Waals surface area contributed by atoms with Gasteiger partial charge in [-0.25, -0.2) is 15.0 Å². The zero-order valence-corrected chi connectivity index (χ0v) is 14.6. The minimum Gasteiger partial charge on any atom is -0.508 e. The van der Waals surface area contributed by atoms with Crippen LogP contribution in [0.5, 0.6) is 5.75 Å². The van der Waals surface area contributed by atoms with E-state index in [1.165, 1.54) is 0 Å². The average molecular weight is 359 g/mol.